The zero-order valence-electron chi connectivity index (χ0n) is 12.9. The van der Waals surface area contributed by atoms with Crippen LogP contribution in [0, 0.1) is 0 Å². The Bertz CT molecular complexity index is 422. The van der Waals surface area contributed by atoms with Gasteiger partial charge in [-0.05, 0) is 50.5 Å². The molecule has 5 heteroatoms. The Kier molecular flexibility index (Phi) is 7.27. The van der Waals surface area contributed by atoms with Crippen LogP contribution in [0.2, 0.25) is 5.02 Å². The Hall–Kier alpha value is -0.840. The Labute approximate surface area is 132 Å². The van der Waals surface area contributed by atoms with Crippen molar-refractivity contribution in [2.45, 2.75) is 39.2 Å². The average Bonchev–Trinajstić information content (AvgIpc) is 2.51. The van der Waals surface area contributed by atoms with Crippen molar-refractivity contribution in [3.63, 3.8) is 0 Å². The highest BCUT2D eigenvalue weighted by molar-refractivity contribution is 6.31. The van der Waals surface area contributed by atoms with E-state index in [0.717, 1.165) is 31.6 Å². The fourth-order valence-electron chi connectivity index (χ4n) is 2.53. The highest BCUT2D eigenvalue weighted by atomic mass is 35.5. The maximum Gasteiger partial charge on any atom is 0.232 e. The van der Waals surface area contributed by atoms with Gasteiger partial charge in [-0.2, -0.15) is 0 Å². The van der Waals surface area contributed by atoms with E-state index in [-0.39, 0.29) is 0 Å². The molecular weight excluding hydrogens is 286 g/mol. The number of aromatic nitrogens is 1. The molecule has 0 aliphatic carbocycles. The monoisotopic (exact) mass is 311 g/mol. The quantitative estimate of drug-likeness (QED) is 0.749. The summed E-state index contributed by atoms with van der Waals surface area (Å²) in [6.45, 7) is 7.94. The van der Waals surface area contributed by atoms with E-state index in [1.807, 2.05) is 12.3 Å². The van der Waals surface area contributed by atoms with Crippen molar-refractivity contribution in [3.05, 3.63) is 22.8 Å². The second kappa shape index (κ2) is 9.23. The lowest BCUT2D eigenvalue weighted by Crippen LogP contribution is -2.33. The van der Waals surface area contributed by atoms with Crippen molar-refractivity contribution in [3.8, 4) is 5.88 Å². The first-order valence-electron chi connectivity index (χ1n) is 8.00. The summed E-state index contributed by atoms with van der Waals surface area (Å²) in [6, 6.07) is 1.94. The van der Waals surface area contributed by atoms with E-state index in [1.54, 1.807) is 0 Å². The van der Waals surface area contributed by atoms with Crippen LogP contribution in [0.1, 0.15) is 38.2 Å². The van der Waals surface area contributed by atoms with E-state index >= 15 is 0 Å². The van der Waals surface area contributed by atoms with Crippen molar-refractivity contribution < 1.29 is 4.74 Å². The van der Waals surface area contributed by atoms with Crippen LogP contribution in [0.3, 0.4) is 0 Å². The zero-order chi connectivity index (χ0) is 14.9. The van der Waals surface area contributed by atoms with Gasteiger partial charge in [-0.3, -0.25) is 4.90 Å². The lowest BCUT2D eigenvalue weighted by molar-refractivity contribution is 0.180. The smallest absolute Gasteiger partial charge is 0.232 e. The third-order valence-electron chi connectivity index (χ3n) is 3.71. The maximum absolute atomic E-state index is 6.23. The summed E-state index contributed by atoms with van der Waals surface area (Å²) in [4.78, 5) is 6.77. The summed E-state index contributed by atoms with van der Waals surface area (Å²) >= 11 is 6.23. The van der Waals surface area contributed by atoms with Crippen molar-refractivity contribution in [2.24, 2.45) is 0 Å². The van der Waals surface area contributed by atoms with Crippen LogP contribution in [0.15, 0.2) is 12.3 Å². The standard InChI is InChI=1S/C16H26ClN3O/c1-2-6-18-12-14-11-15(17)16(19-13-14)21-10-9-20-7-4-3-5-8-20/h11,13,18H,2-10,12H2,1H3. The second-order valence-electron chi connectivity index (χ2n) is 5.56. The van der Waals surface area contributed by atoms with E-state index < -0.39 is 0 Å². The van der Waals surface area contributed by atoms with E-state index in [2.05, 4.69) is 22.1 Å². The Morgan fingerprint density at radius 3 is 2.86 bits per heavy atom. The minimum Gasteiger partial charge on any atom is -0.475 e. The highest BCUT2D eigenvalue weighted by Crippen LogP contribution is 2.22. The molecule has 1 aliphatic rings. The van der Waals surface area contributed by atoms with Gasteiger partial charge in [0, 0.05) is 19.3 Å². The van der Waals surface area contributed by atoms with Crippen LogP contribution < -0.4 is 10.1 Å². The highest BCUT2D eigenvalue weighted by Gasteiger charge is 2.10. The molecule has 1 N–H and O–H groups in total. The zero-order valence-corrected chi connectivity index (χ0v) is 13.7. The number of pyridine rings is 1. The van der Waals surface area contributed by atoms with Gasteiger partial charge in [0.1, 0.15) is 11.6 Å². The lowest BCUT2D eigenvalue weighted by atomic mass is 10.1. The van der Waals surface area contributed by atoms with Crippen molar-refractivity contribution >= 4 is 11.6 Å². The summed E-state index contributed by atoms with van der Waals surface area (Å²) in [7, 11) is 0. The molecule has 1 aliphatic heterocycles. The van der Waals surface area contributed by atoms with E-state index in [0.29, 0.717) is 17.5 Å². The molecule has 4 nitrogen and oxygen atoms in total. The Morgan fingerprint density at radius 2 is 2.14 bits per heavy atom. The maximum atomic E-state index is 6.23. The van der Waals surface area contributed by atoms with E-state index in [9.17, 15) is 0 Å². The molecule has 0 spiro atoms. The summed E-state index contributed by atoms with van der Waals surface area (Å²) in [6.07, 6.45) is 6.93. The molecule has 0 radical (unpaired) electrons. The largest absolute Gasteiger partial charge is 0.475 e. The molecule has 0 atom stereocenters. The molecule has 1 aromatic heterocycles. The number of hydrogen-bond donors (Lipinski definition) is 1. The molecule has 21 heavy (non-hydrogen) atoms. The minimum absolute atomic E-state index is 0.549. The number of nitrogens with zero attached hydrogens (tertiary/aromatic N) is 2. The summed E-state index contributed by atoms with van der Waals surface area (Å²) in [5, 5.41) is 3.94. The molecule has 1 saturated heterocycles. The number of halogens is 1. The summed E-state index contributed by atoms with van der Waals surface area (Å²) in [5.74, 6) is 0.549. The molecule has 0 unspecified atom stereocenters. The SMILES string of the molecule is CCCNCc1cnc(OCCN2CCCCC2)c(Cl)c1. The number of likely N-dealkylation sites (tertiary alicyclic amines) is 1. The van der Waals surface area contributed by atoms with Gasteiger partial charge in [-0.15, -0.1) is 0 Å². The van der Waals surface area contributed by atoms with Gasteiger partial charge in [0.15, 0.2) is 0 Å². The van der Waals surface area contributed by atoms with Crippen LogP contribution in [0.25, 0.3) is 0 Å². The molecule has 0 saturated carbocycles. The Morgan fingerprint density at radius 1 is 1.33 bits per heavy atom. The van der Waals surface area contributed by atoms with Crippen molar-refractivity contribution in [1.29, 1.82) is 0 Å². The first-order chi connectivity index (χ1) is 10.3. The van der Waals surface area contributed by atoms with Gasteiger partial charge in [0.2, 0.25) is 5.88 Å². The van der Waals surface area contributed by atoms with Crippen LogP contribution in [-0.2, 0) is 6.54 Å². The third kappa shape index (κ3) is 5.81. The van der Waals surface area contributed by atoms with Gasteiger partial charge in [0.25, 0.3) is 0 Å². The number of ether oxygens (including phenoxy) is 1. The molecule has 0 aromatic carbocycles. The molecular formula is C16H26ClN3O. The van der Waals surface area contributed by atoms with Gasteiger partial charge >= 0.3 is 0 Å². The molecule has 2 rings (SSSR count). The van der Waals surface area contributed by atoms with Gasteiger partial charge in [0.05, 0.1) is 0 Å². The normalized spacial score (nSPS) is 16.1. The fraction of sp³-hybridized carbons (Fsp3) is 0.688. The number of hydrogen-bond acceptors (Lipinski definition) is 4. The third-order valence-corrected chi connectivity index (χ3v) is 3.99. The van der Waals surface area contributed by atoms with Crippen LogP contribution in [0.5, 0.6) is 5.88 Å². The van der Waals surface area contributed by atoms with E-state index in [1.165, 1.54) is 32.4 Å². The number of rotatable bonds is 8. The van der Waals surface area contributed by atoms with Gasteiger partial charge in [-0.1, -0.05) is 24.9 Å². The molecule has 1 fully saturated rings. The lowest BCUT2D eigenvalue weighted by Gasteiger charge is -2.26. The first-order valence-corrected chi connectivity index (χ1v) is 8.37. The fourth-order valence-corrected chi connectivity index (χ4v) is 2.78. The molecule has 118 valence electrons. The molecule has 0 bridgehead atoms. The van der Waals surface area contributed by atoms with Crippen LogP contribution in [-0.4, -0.2) is 42.7 Å². The van der Waals surface area contributed by atoms with Gasteiger partial charge < -0.3 is 10.1 Å². The first kappa shape index (κ1) is 16.5. The number of piperidine rings is 1. The Balaban J connectivity index is 1.74. The second-order valence-corrected chi connectivity index (χ2v) is 5.97. The van der Waals surface area contributed by atoms with Crippen LogP contribution >= 0.6 is 11.6 Å². The average molecular weight is 312 g/mol. The van der Waals surface area contributed by atoms with Crippen molar-refractivity contribution in [1.82, 2.24) is 15.2 Å². The summed E-state index contributed by atoms with van der Waals surface area (Å²) < 4.78 is 5.72. The predicted octanol–water partition coefficient (Wildman–Crippen LogP) is 3.10. The molecule has 0 amide bonds. The molecule has 1 aromatic rings. The number of nitrogens with one attached hydrogen (secondary N) is 1. The van der Waals surface area contributed by atoms with Crippen molar-refractivity contribution in [2.75, 3.05) is 32.8 Å². The minimum atomic E-state index is 0.549. The molecule has 2 heterocycles. The predicted molar refractivity (Wildman–Crippen MR) is 87.0 cm³/mol. The van der Waals surface area contributed by atoms with E-state index in [4.69, 9.17) is 16.3 Å². The summed E-state index contributed by atoms with van der Waals surface area (Å²) in [5.41, 5.74) is 1.09. The topological polar surface area (TPSA) is 37.4 Å². The van der Waals surface area contributed by atoms with Gasteiger partial charge in [-0.25, -0.2) is 4.98 Å². The van der Waals surface area contributed by atoms with Crippen LogP contribution in [0.4, 0.5) is 0 Å².